The molecular weight excluding hydrogens is 331 g/mol. The van der Waals surface area contributed by atoms with Crippen LogP contribution in [0.3, 0.4) is 0 Å². The van der Waals surface area contributed by atoms with Crippen LogP contribution in [0.4, 0.5) is 0 Å². The van der Waals surface area contributed by atoms with E-state index in [-0.39, 0.29) is 30.3 Å². The maximum Gasteiger partial charge on any atom is 0.226 e. The van der Waals surface area contributed by atoms with Crippen molar-refractivity contribution < 1.29 is 4.79 Å². The highest BCUT2D eigenvalue weighted by molar-refractivity contribution is 6.35. The first kappa shape index (κ1) is 16.9. The highest BCUT2D eigenvalue weighted by atomic mass is 35.5. The molecule has 6 heteroatoms. The normalized spacial score (nSPS) is 24.4. The van der Waals surface area contributed by atoms with E-state index in [4.69, 9.17) is 28.9 Å². The van der Waals surface area contributed by atoms with Crippen LogP contribution in [0.1, 0.15) is 30.4 Å². The minimum absolute atomic E-state index is 0. The van der Waals surface area contributed by atoms with Crippen molar-refractivity contribution in [2.45, 2.75) is 38.3 Å². The van der Waals surface area contributed by atoms with Gasteiger partial charge in [-0.25, -0.2) is 0 Å². The Labute approximate surface area is 141 Å². The SMILES string of the molecule is Cl.NC1CCC(C(=O)N2CCc3cc(Cl)cc(Cl)c3C2)C1. The third-order valence-corrected chi connectivity index (χ3v) is 4.94. The van der Waals surface area contributed by atoms with E-state index in [1.54, 1.807) is 6.07 Å². The lowest BCUT2D eigenvalue weighted by Crippen LogP contribution is -2.39. The number of rotatable bonds is 1. The van der Waals surface area contributed by atoms with Crippen LogP contribution in [0.5, 0.6) is 0 Å². The summed E-state index contributed by atoms with van der Waals surface area (Å²) in [5.41, 5.74) is 8.10. The van der Waals surface area contributed by atoms with Gasteiger partial charge in [-0.15, -0.1) is 12.4 Å². The van der Waals surface area contributed by atoms with Gasteiger partial charge in [-0.3, -0.25) is 4.79 Å². The predicted molar refractivity (Wildman–Crippen MR) is 88.1 cm³/mol. The smallest absolute Gasteiger partial charge is 0.226 e. The lowest BCUT2D eigenvalue weighted by Gasteiger charge is -2.31. The number of halogens is 3. The van der Waals surface area contributed by atoms with E-state index in [0.29, 0.717) is 16.6 Å². The van der Waals surface area contributed by atoms with E-state index >= 15 is 0 Å². The lowest BCUT2D eigenvalue weighted by atomic mass is 9.97. The summed E-state index contributed by atoms with van der Waals surface area (Å²) in [5.74, 6) is 0.326. The molecule has 1 aliphatic heterocycles. The van der Waals surface area contributed by atoms with E-state index in [2.05, 4.69) is 0 Å². The summed E-state index contributed by atoms with van der Waals surface area (Å²) in [6, 6.07) is 3.89. The van der Waals surface area contributed by atoms with E-state index in [9.17, 15) is 4.79 Å². The molecule has 0 bridgehead atoms. The van der Waals surface area contributed by atoms with E-state index in [1.165, 1.54) is 0 Å². The molecule has 0 spiro atoms. The Morgan fingerprint density at radius 1 is 1.29 bits per heavy atom. The molecule has 2 aliphatic rings. The van der Waals surface area contributed by atoms with Gasteiger partial charge in [-0.2, -0.15) is 0 Å². The van der Waals surface area contributed by atoms with Gasteiger partial charge in [0.15, 0.2) is 0 Å². The molecule has 1 aliphatic carbocycles. The zero-order valence-electron chi connectivity index (χ0n) is 11.6. The van der Waals surface area contributed by atoms with Crippen LogP contribution in [-0.4, -0.2) is 23.4 Å². The number of fused-ring (bicyclic) bond motifs is 1. The van der Waals surface area contributed by atoms with Crippen molar-refractivity contribution in [3.63, 3.8) is 0 Å². The quantitative estimate of drug-likeness (QED) is 0.844. The van der Waals surface area contributed by atoms with Crippen molar-refractivity contribution in [2.24, 2.45) is 11.7 Å². The van der Waals surface area contributed by atoms with Gasteiger partial charge in [0.1, 0.15) is 0 Å². The van der Waals surface area contributed by atoms with Gasteiger partial charge in [0, 0.05) is 35.1 Å². The Morgan fingerprint density at radius 2 is 2.05 bits per heavy atom. The van der Waals surface area contributed by atoms with Gasteiger partial charge in [0.05, 0.1) is 0 Å². The second-order valence-electron chi connectivity index (χ2n) is 5.81. The van der Waals surface area contributed by atoms with Crippen molar-refractivity contribution in [1.29, 1.82) is 0 Å². The molecule has 1 amide bonds. The Kier molecular flexibility index (Phi) is 5.42. The number of amides is 1. The number of benzene rings is 1. The zero-order chi connectivity index (χ0) is 14.3. The average Bonchev–Trinajstić information content (AvgIpc) is 2.84. The molecule has 1 heterocycles. The van der Waals surface area contributed by atoms with Gasteiger partial charge in [0.25, 0.3) is 0 Å². The number of carbonyl (C=O) groups is 1. The molecule has 3 rings (SSSR count). The molecular formula is C15H19Cl3N2O. The summed E-state index contributed by atoms with van der Waals surface area (Å²) in [5, 5.41) is 1.32. The van der Waals surface area contributed by atoms with Crippen LogP contribution in [-0.2, 0) is 17.8 Å². The van der Waals surface area contributed by atoms with Gasteiger partial charge in [-0.05, 0) is 48.9 Å². The third kappa shape index (κ3) is 3.48. The summed E-state index contributed by atoms with van der Waals surface area (Å²) < 4.78 is 0. The number of nitrogens with zero attached hydrogens (tertiary/aromatic N) is 1. The van der Waals surface area contributed by atoms with Crippen molar-refractivity contribution in [3.8, 4) is 0 Å². The van der Waals surface area contributed by atoms with Gasteiger partial charge >= 0.3 is 0 Å². The molecule has 1 fully saturated rings. The molecule has 2 unspecified atom stereocenters. The molecule has 0 aromatic heterocycles. The van der Waals surface area contributed by atoms with Gasteiger partial charge in [0.2, 0.25) is 5.91 Å². The first-order chi connectivity index (χ1) is 9.54. The summed E-state index contributed by atoms with van der Waals surface area (Å²) >= 11 is 12.3. The largest absolute Gasteiger partial charge is 0.338 e. The summed E-state index contributed by atoms with van der Waals surface area (Å²) in [6.45, 7) is 1.34. The van der Waals surface area contributed by atoms with Crippen molar-refractivity contribution in [2.75, 3.05) is 6.54 Å². The molecule has 21 heavy (non-hydrogen) atoms. The predicted octanol–water partition coefficient (Wildman–Crippen LogP) is 3.43. The monoisotopic (exact) mass is 348 g/mol. The van der Waals surface area contributed by atoms with E-state index in [0.717, 1.165) is 43.4 Å². The molecule has 116 valence electrons. The number of carbonyl (C=O) groups excluding carboxylic acids is 1. The summed E-state index contributed by atoms with van der Waals surface area (Å²) in [6.07, 6.45) is 3.51. The molecule has 3 nitrogen and oxygen atoms in total. The Bertz CT molecular complexity index is 550. The number of hydrogen-bond donors (Lipinski definition) is 1. The first-order valence-electron chi connectivity index (χ1n) is 7.05. The van der Waals surface area contributed by atoms with Gasteiger partial charge < -0.3 is 10.6 Å². The number of nitrogens with two attached hydrogens (primary N) is 1. The van der Waals surface area contributed by atoms with Crippen LogP contribution in [0, 0.1) is 5.92 Å². The summed E-state index contributed by atoms with van der Waals surface area (Å²) in [4.78, 5) is 14.5. The Balaban J connectivity index is 0.00000161. The van der Waals surface area contributed by atoms with Crippen molar-refractivity contribution >= 4 is 41.5 Å². The Hall–Kier alpha value is -0.480. The minimum Gasteiger partial charge on any atom is -0.338 e. The fourth-order valence-corrected chi connectivity index (χ4v) is 3.86. The highest BCUT2D eigenvalue weighted by Crippen LogP contribution is 2.32. The molecule has 1 saturated carbocycles. The maximum absolute atomic E-state index is 12.5. The molecule has 2 atom stereocenters. The average molecular weight is 350 g/mol. The molecule has 0 radical (unpaired) electrons. The fourth-order valence-electron chi connectivity index (χ4n) is 3.27. The van der Waals surface area contributed by atoms with Crippen molar-refractivity contribution in [1.82, 2.24) is 4.90 Å². The lowest BCUT2D eigenvalue weighted by molar-refractivity contribution is -0.136. The maximum atomic E-state index is 12.5. The van der Waals surface area contributed by atoms with E-state index < -0.39 is 0 Å². The number of hydrogen-bond acceptors (Lipinski definition) is 2. The highest BCUT2D eigenvalue weighted by Gasteiger charge is 2.32. The van der Waals surface area contributed by atoms with E-state index in [1.807, 2.05) is 11.0 Å². The zero-order valence-corrected chi connectivity index (χ0v) is 14.0. The topological polar surface area (TPSA) is 46.3 Å². The summed E-state index contributed by atoms with van der Waals surface area (Å²) in [7, 11) is 0. The van der Waals surface area contributed by atoms with Gasteiger partial charge in [-0.1, -0.05) is 23.2 Å². The fraction of sp³-hybridized carbons (Fsp3) is 0.533. The second-order valence-corrected chi connectivity index (χ2v) is 6.65. The molecule has 1 aromatic carbocycles. The molecule has 0 saturated heterocycles. The molecule has 1 aromatic rings. The minimum atomic E-state index is 0. The van der Waals surface area contributed by atoms with Crippen LogP contribution in [0.25, 0.3) is 0 Å². The first-order valence-corrected chi connectivity index (χ1v) is 7.81. The van der Waals surface area contributed by atoms with Crippen LogP contribution in [0.2, 0.25) is 10.0 Å². The Morgan fingerprint density at radius 3 is 2.71 bits per heavy atom. The second kappa shape index (κ2) is 6.74. The van der Waals surface area contributed by atoms with Crippen LogP contribution < -0.4 is 5.73 Å². The van der Waals surface area contributed by atoms with Crippen LogP contribution >= 0.6 is 35.6 Å². The third-order valence-electron chi connectivity index (χ3n) is 4.39. The standard InChI is InChI=1S/C15H18Cl2N2O.ClH/c16-11-5-9-3-4-19(8-13(9)14(17)7-11)15(20)10-1-2-12(18)6-10;/h5,7,10,12H,1-4,6,8,18H2;1H. The van der Waals surface area contributed by atoms with Crippen LogP contribution in [0.15, 0.2) is 12.1 Å². The molecule has 2 N–H and O–H groups in total. The van der Waals surface area contributed by atoms with Crippen molar-refractivity contribution in [3.05, 3.63) is 33.3 Å².